The third-order valence-electron chi connectivity index (χ3n) is 3.44. The molecule has 0 bridgehead atoms. The van der Waals surface area contributed by atoms with Gasteiger partial charge in [0.1, 0.15) is 17.1 Å². The largest absolute Gasteiger partial charge is 0.489 e. The molecule has 0 amide bonds. The van der Waals surface area contributed by atoms with Crippen LogP contribution in [0.5, 0.6) is 5.75 Å². The topological polar surface area (TPSA) is 88.5 Å². The van der Waals surface area contributed by atoms with Crippen molar-refractivity contribution in [1.82, 2.24) is 9.38 Å². The van der Waals surface area contributed by atoms with Gasteiger partial charge < -0.3 is 9.84 Å². The van der Waals surface area contributed by atoms with E-state index >= 15 is 0 Å². The molecule has 3 rings (SSSR count). The van der Waals surface area contributed by atoms with E-state index in [1.807, 2.05) is 39.0 Å². The van der Waals surface area contributed by atoms with Crippen LogP contribution < -0.4 is 4.74 Å². The number of nitrogens with zero attached hydrogens (tertiary/aromatic N) is 4. The number of fused-ring (bicyclic) bond motifs is 1. The minimum absolute atomic E-state index is 0.00953. The van der Waals surface area contributed by atoms with Crippen molar-refractivity contribution in [3.8, 4) is 5.75 Å². The number of hydrogen-bond acceptors (Lipinski definition) is 5. The standard InChI is InChI=1S/C18H18N4O3/c1-11(2)25-14-7-5-4-6-13(14)20-21-17-16(18(23)24)19-15-10-12(3)8-9-22(15)17/h4-11H,1-3H3,(H,23,24). The number of azo groups is 1. The van der Waals surface area contributed by atoms with Crippen molar-refractivity contribution in [3.05, 3.63) is 53.9 Å². The molecule has 0 fully saturated rings. The maximum Gasteiger partial charge on any atom is 0.358 e. The number of benzene rings is 1. The van der Waals surface area contributed by atoms with E-state index < -0.39 is 5.97 Å². The van der Waals surface area contributed by atoms with Gasteiger partial charge in [-0.15, -0.1) is 10.2 Å². The number of rotatable bonds is 5. The zero-order valence-corrected chi connectivity index (χ0v) is 14.2. The molecule has 2 aromatic heterocycles. The Kier molecular flexibility index (Phi) is 4.47. The number of aryl methyl sites for hydroxylation is 1. The lowest BCUT2D eigenvalue weighted by molar-refractivity contribution is 0.0692. The molecule has 7 heteroatoms. The molecule has 3 aromatic rings. The lowest BCUT2D eigenvalue weighted by atomic mass is 10.3. The minimum atomic E-state index is -1.15. The summed E-state index contributed by atoms with van der Waals surface area (Å²) in [5.41, 5.74) is 1.87. The minimum Gasteiger partial charge on any atom is -0.489 e. The Morgan fingerprint density at radius 3 is 2.72 bits per heavy atom. The molecule has 0 aliphatic rings. The predicted octanol–water partition coefficient (Wildman–Crippen LogP) is 4.54. The number of para-hydroxylation sites is 1. The smallest absolute Gasteiger partial charge is 0.358 e. The molecule has 1 N–H and O–H groups in total. The fraction of sp³-hybridized carbons (Fsp3) is 0.222. The second-order valence-electron chi connectivity index (χ2n) is 5.86. The number of imidazole rings is 1. The van der Waals surface area contributed by atoms with E-state index in [-0.39, 0.29) is 17.6 Å². The van der Waals surface area contributed by atoms with Gasteiger partial charge in [0.15, 0.2) is 11.5 Å². The van der Waals surface area contributed by atoms with Gasteiger partial charge >= 0.3 is 5.97 Å². The first-order valence-corrected chi connectivity index (χ1v) is 7.85. The fourth-order valence-corrected chi connectivity index (χ4v) is 2.37. The van der Waals surface area contributed by atoms with Crippen LogP contribution in [0.4, 0.5) is 11.5 Å². The second-order valence-corrected chi connectivity index (χ2v) is 5.86. The molecule has 0 spiro atoms. The van der Waals surface area contributed by atoms with Crippen molar-refractivity contribution in [2.75, 3.05) is 0 Å². The van der Waals surface area contributed by atoms with Crippen LogP contribution in [0.3, 0.4) is 0 Å². The third-order valence-corrected chi connectivity index (χ3v) is 3.44. The molecule has 0 aliphatic heterocycles. The molecule has 25 heavy (non-hydrogen) atoms. The maximum absolute atomic E-state index is 11.5. The van der Waals surface area contributed by atoms with Gasteiger partial charge in [-0.2, -0.15) is 0 Å². The Labute approximate surface area is 144 Å². The molecule has 0 atom stereocenters. The van der Waals surface area contributed by atoms with Crippen LogP contribution >= 0.6 is 0 Å². The monoisotopic (exact) mass is 338 g/mol. The molecule has 128 valence electrons. The number of carboxylic acids is 1. The number of carbonyl (C=O) groups is 1. The van der Waals surface area contributed by atoms with Crippen molar-refractivity contribution in [3.63, 3.8) is 0 Å². The second kappa shape index (κ2) is 6.72. The Bertz CT molecular complexity index is 960. The van der Waals surface area contributed by atoms with Crippen LogP contribution in [-0.4, -0.2) is 26.6 Å². The first-order chi connectivity index (χ1) is 12.0. The summed E-state index contributed by atoms with van der Waals surface area (Å²) >= 11 is 0. The predicted molar refractivity (Wildman–Crippen MR) is 93.3 cm³/mol. The van der Waals surface area contributed by atoms with Gasteiger partial charge in [-0.05, 0) is 50.6 Å². The third kappa shape index (κ3) is 3.50. The van der Waals surface area contributed by atoms with E-state index in [4.69, 9.17) is 4.74 Å². The SMILES string of the molecule is Cc1ccn2c(N=Nc3ccccc3OC(C)C)c(C(=O)O)nc2c1. The van der Waals surface area contributed by atoms with Crippen molar-refractivity contribution < 1.29 is 14.6 Å². The average molecular weight is 338 g/mol. The lowest BCUT2D eigenvalue weighted by Crippen LogP contribution is -2.05. The number of ether oxygens (including phenoxy) is 1. The van der Waals surface area contributed by atoms with Gasteiger partial charge in [0.05, 0.1) is 6.10 Å². The molecular formula is C18H18N4O3. The number of hydrogen-bond donors (Lipinski definition) is 1. The van der Waals surface area contributed by atoms with Crippen LogP contribution in [0.1, 0.15) is 29.9 Å². The van der Waals surface area contributed by atoms with Gasteiger partial charge in [0.25, 0.3) is 0 Å². The van der Waals surface area contributed by atoms with Crippen molar-refractivity contribution in [2.24, 2.45) is 10.2 Å². The summed E-state index contributed by atoms with van der Waals surface area (Å²) in [4.78, 5) is 15.6. The molecule has 2 heterocycles. The Hall–Kier alpha value is -3.22. The van der Waals surface area contributed by atoms with Crippen molar-refractivity contribution in [1.29, 1.82) is 0 Å². The molecular weight excluding hydrogens is 320 g/mol. The lowest BCUT2D eigenvalue weighted by Gasteiger charge is -2.10. The summed E-state index contributed by atoms with van der Waals surface area (Å²) in [7, 11) is 0. The average Bonchev–Trinajstić information content (AvgIpc) is 2.91. The molecule has 0 radical (unpaired) electrons. The quantitative estimate of drug-likeness (QED) is 0.691. The van der Waals surface area contributed by atoms with E-state index in [2.05, 4.69) is 15.2 Å². The molecule has 0 unspecified atom stereocenters. The Balaban J connectivity index is 2.07. The number of pyridine rings is 1. The highest BCUT2D eigenvalue weighted by atomic mass is 16.5. The van der Waals surface area contributed by atoms with Gasteiger partial charge in [-0.25, -0.2) is 9.78 Å². The van der Waals surface area contributed by atoms with E-state index in [0.717, 1.165) is 5.56 Å². The summed E-state index contributed by atoms with van der Waals surface area (Å²) in [6.45, 7) is 5.75. The van der Waals surface area contributed by atoms with E-state index in [1.54, 1.807) is 28.8 Å². The summed E-state index contributed by atoms with van der Waals surface area (Å²) in [5.74, 6) is -0.397. The first kappa shape index (κ1) is 16.6. The first-order valence-electron chi connectivity index (χ1n) is 7.85. The molecule has 0 saturated heterocycles. The highest BCUT2D eigenvalue weighted by Crippen LogP contribution is 2.31. The van der Waals surface area contributed by atoms with Gasteiger partial charge in [0, 0.05) is 6.20 Å². The Morgan fingerprint density at radius 2 is 2.00 bits per heavy atom. The summed E-state index contributed by atoms with van der Waals surface area (Å²) in [5, 5.41) is 17.7. The number of carboxylic acid groups (broad SMARTS) is 1. The molecule has 0 aliphatic carbocycles. The van der Waals surface area contributed by atoms with Gasteiger partial charge in [-0.1, -0.05) is 12.1 Å². The van der Waals surface area contributed by atoms with Crippen molar-refractivity contribution in [2.45, 2.75) is 26.9 Å². The summed E-state index contributed by atoms with van der Waals surface area (Å²) in [6.07, 6.45) is 1.72. The summed E-state index contributed by atoms with van der Waals surface area (Å²) < 4.78 is 7.31. The van der Waals surface area contributed by atoms with E-state index in [0.29, 0.717) is 17.1 Å². The van der Waals surface area contributed by atoms with Crippen molar-refractivity contribution >= 4 is 23.1 Å². The molecule has 1 aromatic carbocycles. The van der Waals surface area contributed by atoms with Crippen LogP contribution in [0.2, 0.25) is 0 Å². The Morgan fingerprint density at radius 1 is 1.24 bits per heavy atom. The molecule has 7 nitrogen and oxygen atoms in total. The highest BCUT2D eigenvalue weighted by Gasteiger charge is 2.18. The normalized spacial score (nSPS) is 11.5. The highest BCUT2D eigenvalue weighted by molar-refractivity contribution is 5.91. The number of aromatic nitrogens is 2. The summed E-state index contributed by atoms with van der Waals surface area (Å²) in [6, 6.07) is 10.9. The van der Waals surface area contributed by atoms with Crippen LogP contribution in [-0.2, 0) is 0 Å². The van der Waals surface area contributed by atoms with Crippen LogP contribution in [0, 0.1) is 6.92 Å². The number of aromatic carboxylic acids is 1. The van der Waals surface area contributed by atoms with Crippen LogP contribution in [0.25, 0.3) is 5.65 Å². The van der Waals surface area contributed by atoms with E-state index in [1.165, 1.54) is 0 Å². The molecule has 0 saturated carbocycles. The maximum atomic E-state index is 11.5. The van der Waals surface area contributed by atoms with E-state index in [9.17, 15) is 9.90 Å². The van der Waals surface area contributed by atoms with Crippen LogP contribution in [0.15, 0.2) is 52.8 Å². The van der Waals surface area contributed by atoms with Gasteiger partial charge in [0.2, 0.25) is 0 Å². The fourth-order valence-electron chi connectivity index (χ4n) is 2.37. The zero-order chi connectivity index (χ0) is 18.0. The zero-order valence-electron chi connectivity index (χ0n) is 14.2. The van der Waals surface area contributed by atoms with Gasteiger partial charge in [-0.3, -0.25) is 4.40 Å².